The molecule has 9 heteroatoms. The van der Waals surface area contributed by atoms with E-state index in [0.717, 1.165) is 25.1 Å². The van der Waals surface area contributed by atoms with Crippen molar-refractivity contribution in [2.75, 3.05) is 18.0 Å². The van der Waals surface area contributed by atoms with Gasteiger partial charge in [-0.25, -0.2) is 4.39 Å². The predicted octanol–water partition coefficient (Wildman–Crippen LogP) is 2.80. The molecule has 0 saturated heterocycles. The van der Waals surface area contributed by atoms with Crippen molar-refractivity contribution in [2.24, 2.45) is 0 Å². The van der Waals surface area contributed by atoms with Gasteiger partial charge in [0.25, 0.3) is 5.91 Å². The molecule has 0 spiro atoms. The second-order valence-electron chi connectivity index (χ2n) is 7.62. The van der Waals surface area contributed by atoms with E-state index in [1.54, 1.807) is 12.1 Å². The van der Waals surface area contributed by atoms with Gasteiger partial charge in [0.1, 0.15) is 5.82 Å². The SMILES string of the molecule is O=C(CCCc1nc(-c2ccc(F)cc2)no1)NNC(=O)CN1CCCc2ccccc21. The monoisotopic (exact) mass is 437 g/mol. The molecule has 32 heavy (non-hydrogen) atoms. The number of fused-ring (bicyclic) bond motifs is 1. The van der Waals surface area contributed by atoms with E-state index in [4.69, 9.17) is 4.52 Å². The van der Waals surface area contributed by atoms with Crippen molar-refractivity contribution in [1.29, 1.82) is 0 Å². The number of rotatable bonds is 7. The van der Waals surface area contributed by atoms with Crippen molar-refractivity contribution in [1.82, 2.24) is 21.0 Å². The number of para-hydroxylation sites is 1. The second kappa shape index (κ2) is 10.0. The van der Waals surface area contributed by atoms with E-state index in [0.29, 0.717) is 30.1 Å². The molecule has 2 N–H and O–H groups in total. The molecule has 2 amide bonds. The summed E-state index contributed by atoms with van der Waals surface area (Å²) in [5, 5.41) is 3.87. The molecule has 2 aromatic carbocycles. The lowest BCUT2D eigenvalue weighted by Gasteiger charge is -2.30. The molecule has 0 aliphatic carbocycles. The molecule has 2 heterocycles. The van der Waals surface area contributed by atoms with Crippen LogP contribution in [0.5, 0.6) is 0 Å². The molecule has 166 valence electrons. The lowest BCUT2D eigenvalue weighted by Crippen LogP contribution is -2.47. The number of carbonyl (C=O) groups excluding carboxylic acids is 2. The number of nitrogens with one attached hydrogen (secondary N) is 2. The van der Waals surface area contributed by atoms with Crippen LogP contribution in [0.25, 0.3) is 11.4 Å². The highest BCUT2D eigenvalue weighted by molar-refractivity contribution is 5.85. The Morgan fingerprint density at radius 1 is 1.06 bits per heavy atom. The van der Waals surface area contributed by atoms with E-state index in [1.165, 1.54) is 17.7 Å². The van der Waals surface area contributed by atoms with E-state index in [1.807, 2.05) is 23.1 Å². The number of hydrogen-bond donors (Lipinski definition) is 2. The molecule has 0 bridgehead atoms. The molecular formula is C23H24FN5O3. The first kappa shape index (κ1) is 21.5. The predicted molar refractivity (Wildman–Crippen MR) is 116 cm³/mol. The van der Waals surface area contributed by atoms with Crippen molar-refractivity contribution in [3.05, 3.63) is 65.8 Å². The van der Waals surface area contributed by atoms with Gasteiger partial charge in [-0.05, 0) is 55.2 Å². The van der Waals surface area contributed by atoms with Gasteiger partial charge in [-0.3, -0.25) is 20.4 Å². The fourth-order valence-corrected chi connectivity index (χ4v) is 3.66. The molecule has 1 aliphatic rings. The number of halogens is 1. The minimum Gasteiger partial charge on any atom is -0.362 e. The van der Waals surface area contributed by atoms with Crippen LogP contribution in [0.4, 0.5) is 10.1 Å². The largest absolute Gasteiger partial charge is 0.362 e. The van der Waals surface area contributed by atoms with E-state index in [-0.39, 0.29) is 30.6 Å². The number of amides is 2. The third kappa shape index (κ3) is 5.48. The lowest BCUT2D eigenvalue weighted by molar-refractivity contribution is -0.128. The number of hydrazine groups is 1. The van der Waals surface area contributed by atoms with Crippen LogP contribution in [-0.4, -0.2) is 35.0 Å². The highest BCUT2D eigenvalue weighted by Crippen LogP contribution is 2.26. The third-order valence-corrected chi connectivity index (χ3v) is 5.25. The molecule has 0 saturated carbocycles. The summed E-state index contributed by atoms with van der Waals surface area (Å²) >= 11 is 0. The number of benzene rings is 2. The summed E-state index contributed by atoms with van der Waals surface area (Å²) in [5.74, 6) is -0.135. The van der Waals surface area contributed by atoms with Crippen LogP contribution in [0.3, 0.4) is 0 Å². The molecule has 8 nitrogen and oxygen atoms in total. The van der Waals surface area contributed by atoms with Crippen LogP contribution in [0.15, 0.2) is 53.1 Å². The Hall–Kier alpha value is -3.75. The Labute approximate surface area is 184 Å². The lowest BCUT2D eigenvalue weighted by atomic mass is 10.0. The third-order valence-electron chi connectivity index (χ3n) is 5.25. The summed E-state index contributed by atoms with van der Waals surface area (Å²) in [7, 11) is 0. The van der Waals surface area contributed by atoms with Crippen LogP contribution < -0.4 is 15.8 Å². The van der Waals surface area contributed by atoms with E-state index >= 15 is 0 Å². The second-order valence-corrected chi connectivity index (χ2v) is 7.62. The zero-order chi connectivity index (χ0) is 22.3. The summed E-state index contributed by atoms with van der Waals surface area (Å²) in [4.78, 5) is 30.6. The number of nitrogens with zero attached hydrogens (tertiary/aromatic N) is 3. The van der Waals surface area contributed by atoms with Crippen molar-refractivity contribution < 1.29 is 18.5 Å². The van der Waals surface area contributed by atoms with E-state index in [2.05, 4.69) is 27.1 Å². The Balaban J connectivity index is 1.18. The van der Waals surface area contributed by atoms with Crippen molar-refractivity contribution >= 4 is 17.5 Å². The first-order valence-corrected chi connectivity index (χ1v) is 10.6. The van der Waals surface area contributed by atoms with Gasteiger partial charge in [0, 0.05) is 30.6 Å². The zero-order valence-electron chi connectivity index (χ0n) is 17.5. The van der Waals surface area contributed by atoms with Crippen LogP contribution in [0, 0.1) is 5.82 Å². The van der Waals surface area contributed by atoms with Crippen molar-refractivity contribution in [3.63, 3.8) is 0 Å². The van der Waals surface area contributed by atoms with Crippen LogP contribution in [0.2, 0.25) is 0 Å². The zero-order valence-corrected chi connectivity index (χ0v) is 17.5. The Morgan fingerprint density at radius 3 is 2.69 bits per heavy atom. The molecule has 0 unspecified atom stereocenters. The summed E-state index contributed by atoms with van der Waals surface area (Å²) in [6.07, 6.45) is 3.10. The highest BCUT2D eigenvalue weighted by atomic mass is 19.1. The van der Waals surface area contributed by atoms with Gasteiger partial charge in [0.15, 0.2) is 0 Å². The van der Waals surface area contributed by atoms with Gasteiger partial charge < -0.3 is 9.42 Å². The Bertz CT molecular complexity index is 1080. The van der Waals surface area contributed by atoms with Crippen molar-refractivity contribution in [2.45, 2.75) is 32.1 Å². The Kier molecular flexibility index (Phi) is 6.74. The molecule has 1 aromatic heterocycles. The average Bonchev–Trinajstić information content (AvgIpc) is 3.27. The number of aromatic nitrogens is 2. The standard InChI is InChI=1S/C23H24FN5O3/c24-18-12-10-17(11-13-18)23-25-22(32-28-23)9-3-8-20(30)26-27-21(31)15-29-14-4-6-16-5-1-2-7-19(16)29/h1-2,5,7,10-13H,3-4,6,8-9,14-15H2,(H,26,30)(H,27,31). The number of hydrogen-bond acceptors (Lipinski definition) is 6. The van der Waals surface area contributed by atoms with Gasteiger partial charge in [-0.15, -0.1) is 0 Å². The first-order valence-electron chi connectivity index (χ1n) is 10.6. The minimum atomic E-state index is -0.337. The number of anilines is 1. The maximum atomic E-state index is 13.0. The molecule has 0 fully saturated rings. The fourth-order valence-electron chi connectivity index (χ4n) is 3.66. The van der Waals surface area contributed by atoms with Gasteiger partial charge in [0.2, 0.25) is 17.6 Å². The van der Waals surface area contributed by atoms with Crippen LogP contribution >= 0.6 is 0 Å². The normalized spacial score (nSPS) is 12.8. The van der Waals surface area contributed by atoms with Gasteiger partial charge in [0.05, 0.1) is 6.54 Å². The molecular weight excluding hydrogens is 413 g/mol. The quantitative estimate of drug-likeness (QED) is 0.552. The highest BCUT2D eigenvalue weighted by Gasteiger charge is 2.18. The average molecular weight is 437 g/mol. The first-order chi connectivity index (χ1) is 15.6. The smallest absolute Gasteiger partial charge is 0.257 e. The summed E-state index contributed by atoms with van der Waals surface area (Å²) in [6.45, 7) is 0.994. The summed E-state index contributed by atoms with van der Waals surface area (Å²) < 4.78 is 18.2. The molecule has 3 aromatic rings. The maximum Gasteiger partial charge on any atom is 0.257 e. The van der Waals surface area contributed by atoms with Gasteiger partial charge in [-0.2, -0.15) is 4.98 Å². The topological polar surface area (TPSA) is 100 Å². The molecule has 0 radical (unpaired) electrons. The van der Waals surface area contributed by atoms with E-state index < -0.39 is 0 Å². The number of carbonyl (C=O) groups is 2. The maximum absolute atomic E-state index is 13.0. The van der Waals surface area contributed by atoms with Crippen LogP contribution in [-0.2, 0) is 22.4 Å². The van der Waals surface area contributed by atoms with E-state index in [9.17, 15) is 14.0 Å². The fraction of sp³-hybridized carbons (Fsp3) is 0.304. The minimum absolute atomic E-state index is 0.186. The summed E-state index contributed by atoms with van der Waals surface area (Å²) in [5.41, 5.74) is 7.88. The summed E-state index contributed by atoms with van der Waals surface area (Å²) in [6, 6.07) is 13.9. The number of aryl methyl sites for hydroxylation is 2. The molecule has 1 aliphatic heterocycles. The Morgan fingerprint density at radius 2 is 1.84 bits per heavy atom. The van der Waals surface area contributed by atoms with Gasteiger partial charge >= 0.3 is 0 Å². The molecule has 0 atom stereocenters. The van der Waals surface area contributed by atoms with Crippen LogP contribution in [0.1, 0.15) is 30.7 Å². The van der Waals surface area contributed by atoms with Gasteiger partial charge in [-0.1, -0.05) is 23.4 Å². The molecule has 4 rings (SSSR count). The van der Waals surface area contributed by atoms with Crippen molar-refractivity contribution in [3.8, 4) is 11.4 Å².